The van der Waals surface area contributed by atoms with Crippen LogP contribution in [0.5, 0.6) is 0 Å². The Labute approximate surface area is 287 Å². The van der Waals surface area contributed by atoms with Gasteiger partial charge in [0.1, 0.15) is 12.6 Å². The number of anilines is 1. The summed E-state index contributed by atoms with van der Waals surface area (Å²) >= 11 is 0. The third kappa shape index (κ3) is 7.80. The zero-order valence-electron chi connectivity index (χ0n) is 29.1. The molecule has 3 aromatic rings. The second kappa shape index (κ2) is 13.3. The Bertz CT molecular complexity index is 1690. The van der Waals surface area contributed by atoms with Crippen molar-refractivity contribution in [3.63, 3.8) is 0 Å². The van der Waals surface area contributed by atoms with Gasteiger partial charge in [-0.15, -0.1) is 0 Å². The molecule has 2 amide bonds. The van der Waals surface area contributed by atoms with Crippen LogP contribution in [-0.4, -0.2) is 49.5 Å². The second-order valence-corrected chi connectivity index (χ2v) is 17.9. The molecule has 4 fully saturated rings. The van der Waals surface area contributed by atoms with Crippen LogP contribution in [0.25, 0.3) is 0 Å². The lowest BCUT2D eigenvalue weighted by Crippen LogP contribution is -2.56. The van der Waals surface area contributed by atoms with E-state index in [-0.39, 0.29) is 17.9 Å². The summed E-state index contributed by atoms with van der Waals surface area (Å²) in [4.78, 5) is 30.0. The van der Waals surface area contributed by atoms with Gasteiger partial charge in [0.2, 0.25) is 21.8 Å². The Kier molecular flexibility index (Phi) is 9.51. The van der Waals surface area contributed by atoms with Crippen molar-refractivity contribution in [3.05, 3.63) is 101 Å². The molecule has 256 valence electrons. The number of carbonyl (C=O) groups excluding carboxylic acids is 2. The first-order valence-corrected chi connectivity index (χ1v) is 19.3. The third-order valence-electron chi connectivity index (χ3n) is 10.7. The fraction of sp³-hybridized carbons (Fsp3) is 0.500. The Balaban J connectivity index is 1.31. The van der Waals surface area contributed by atoms with Gasteiger partial charge in [-0.1, -0.05) is 72.3 Å². The average Bonchev–Trinajstić information content (AvgIpc) is 3.00. The quantitative estimate of drug-likeness (QED) is 0.244. The molecule has 0 heterocycles. The number of rotatable bonds is 11. The summed E-state index contributed by atoms with van der Waals surface area (Å²) in [5, 5.41) is 3.08. The van der Waals surface area contributed by atoms with Crippen LogP contribution >= 0.6 is 0 Å². The standard InChI is InChI=1S/C40H51N3O4S/c1-28-10-9-13-30(18-28)26-42(36(38(45)41-39(2,3)4)22-29-11-7-6-8-12-29)37(44)27-43(48(5,46)47)35-16-14-34(15-17-35)40-23-31-19-32(24-40)21-33(20-31)25-40/h6-18,31-33,36H,19-27H2,1-5H3,(H,41,45)/t31?,32?,33?,36-,40?/m1/s1. The van der Waals surface area contributed by atoms with E-state index in [2.05, 4.69) is 17.4 Å². The lowest BCUT2D eigenvalue weighted by Gasteiger charge is -2.57. The van der Waals surface area contributed by atoms with Crippen LogP contribution in [0, 0.1) is 24.7 Å². The summed E-state index contributed by atoms with van der Waals surface area (Å²) in [7, 11) is -3.83. The smallest absolute Gasteiger partial charge is 0.244 e. The molecule has 0 spiro atoms. The van der Waals surface area contributed by atoms with Crippen LogP contribution in [-0.2, 0) is 38.0 Å². The summed E-state index contributed by atoms with van der Waals surface area (Å²) in [6.45, 7) is 7.48. The highest BCUT2D eigenvalue weighted by Gasteiger charge is 2.51. The van der Waals surface area contributed by atoms with Crippen molar-refractivity contribution in [2.24, 2.45) is 17.8 Å². The van der Waals surface area contributed by atoms with E-state index < -0.39 is 34.1 Å². The van der Waals surface area contributed by atoms with Crippen molar-refractivity contribution in [2.75, 3.05) is 17.1 Å². The number of carbonyl (C=O) groups is 2. The highest BCUT2D eigenvalue weighted by atomic mass is 32.2. The Morgan fingerprint density at radius 3 is 1.98 bits per heavy atom. The Hall–Kier alpha value is -3.65. The number of hydrogen-bond donors (Lipinski definition) is 1. The van der Waals surface area contributed by atoms with E-state index in [0.29, 0.717) is 12.1 Å². The maximum absolute atomic E-state index is 14.5. The normalized spacial score (nSPS) is 23.8. The second-order valence-electron chi connectivity index (χ2n) is 16.0. The first kappa shape index (κ1) is 34.2. The molecule has 1 N–H and O–H groups in total. The number of nitrogens with zero attached hydrogens (tertiary/aromatic N) is 2. The predicted octanol–water partition coefficient (Wildman–Crippen LogP) is 6.78. The number of benzene rings is 3. The lowest BCUT2D eigenvalue weighted by molar-refractivity contribution is -0.140. The fourth-order valence-electron chi connectivity index (χ4n) is 9.07. The zero-order valence-corrected chi connectivity index (χ0v) is 29.9. The topological polar surface area (TPSA) is 86.8 Å². The van der Waals surface area contributed by atoms with Crippen molar-refractivity contribution in [1.29, 1.82) is 0 Å². The molecule has 0 aromatic heterocycles. The summed E-state index contributed by atoms with van der Waals surface area (Å²) in [5.41, 5.74) is 4.25. The van der Waals surface area contributed by atoms with Crippen molar-refractivity contribution >= 4 is 27.5 Å². The van der Waals surface area contributed by atoms with Gasteiger partial charge in [-0.2, -0.15) is 0 Å². The molecule has 7 rings (SSSR count). The maximum atomic E-state index is 14.5. The predicted molar refractivity (Wildman–Crippen MR) is 192 cm³/mol. The molecule has 4 bridgehead atoms. The fourth-order valence-corrected chi connectivity index (χ4v) is 9.92. The van der Waals surface area contributed by atoms with E-state index in [1.54, 1.807) is 4.90 Å². The van der Waals surface area contributed by atoms with Crippen molar-refractivity contribution in [2.45, 2.75) is 96.2 Å². The minimum Gasteiger partial charge on any atom is -0.350 e. The van der Waals surface area contributed by atoms with E-state index in [0.717, 1.165) is 40.7 Å². The molecule has 48 heavy (non-hydrogen) atoms. The molecule has 0 unspecified atom stereocenters. The summed E-state index contributed by atoms with van der Waals surface area (Å²) in [6, 6.07) is 24.6. The molecule has 1 atom stereocenters. The monoisotopic (exact) mass is 669 g/mol. The first-order chi connectivity index (χ1) is 22.7. The molecule has 0 saturated heterocycles. The number of hydrogen-bond acceptors (Lipinski definition) is 4. The highest BCUT2D eigenvalue weighted by Crippen LogP contribution is 2.60. The summed E-state index contributed by atoms with van der Waals surface area (Å²) < 4.78 is 27.9. The van der Waals surface area contributed by atoms with Crippen LogP contribution in [0.15, 0.2) is 78.9 Å². The van der Waals surface area contributed by atoms with Gasteiger partial charge in [0.15, 0.2) is 0 Å². The molecular weight excluding hydrogens is 619 g/mol. The largest absolute Gasteiger partial charge is 0.350 e. The van der Waals surface area contributed by atoms with Gasteiger partial charge in [0, 0.05) is 18.5 Å². The van der Waals surface area contributed by atoms with Crippen LogP contribution in [0.1, 0.15) is 81.5 Å². The molecule has 0 aliphatic heterocycles. The number of nitrogens with one attached hydrogen (secondary N) is 1. The van der Waals surface area contributed by atoms with Gasteiger partial charge in [-0.25, -0.2) is 8.42 Å². The van der Waals surface area contributed by atoms with Gasteiger partial charge in [-0.05, 0) is 118 Å². The summed E-state index contributed by atoms with van der Waals surface area (Å²) in [6.07, 6.45) is 9.18. The maximum Gasteiger partial charge on any atom is 0.244 e. The molecule has 4 aliphatic carbocycles. The van der Waals surface area contributed by atoms with Gasteiger partial charge in [0.25, 0.3) is 0 Å². The van der Waals surface area contributed by atoms with E-state index in [1.807, 2.05) is 94.4 Å². The highest BCUT2D eigenvalue weighted by molar-refractivity contribution is 7.92. The van der Waals surface area contributed by atoms with E-state index >= 15 is 0 Å². The van der Waals surface area contributed by atoms with E-state index in [9.17, 15) is 18.0 Å². The van der Waals surface area contributed by atoms with Crippen LogP contribution in [0.3, 0.4) is 0 Å². The van der Waals surface area contributed by atoms with Gasteiger partial charge >= 0.3 is 0 Å². The molecule has 3 aromatic carbocycles. The molecule has 0 radical (unpaired) electrons. The Morgan fingerprint density at radius 1 is 0.854 bits per heavy atom. The first-order valence-electron chi connectivity index (χ1n) is 17.5. The van der Waals surface area contributed by atoms with Gasteiger partial charge in [0.05, 0.1) is 11.9 Å². The van der Waals surface area contributed by atoms with E-state index in [1.165, 1.54) is 48.4 Å². The van der Waals surface area contributed by atoms with Gasteiger partial charge in [-0.3, -0.25) is 13.9 Å². The molecule has 4 aliphatic rings. The van der Waals surface area contributed by atoms with Crippen LogP contribution in [0.4, 0.5) is 5.69 Å². The lowest BCUT2D eigenvalue weighted by atomic mass is 9.48. The third-order valence-corrected chi connectivity index (χ3v) is 11.8. The number of amides is 2. The molecule has 4 saturated carbocycles. The molecule has 7 nitrogen and oxygen atoms in total. The van der Waals surface area contributed by atoms with Crippen molar-refractivity contribution < 1.29 is 18.0 Å². The number of sulfonamides is 1. The zero-order chi connectivity index (χ0) is 34.3. The van der Waals surface area contributed by atoms with Crippen molar-refractivity contribution in [1.82, 2.24) is 10.2 Å². The Morgan fingerprint density at radius 2 is 1.44 bits per heavy atom. The average molecular weight is 670 g/mol. The molecular formula is C40H51N3O4S. The minimum atomic E-state index is -3.83. The van der Waals surface area contributed by atoms with Crippen LogP contribution < -0.4 is 9.62 Å². The van der Waals surface area contributed by atoms with Gasteiger partial charge < -0.3 is 10.2 Å². The number of aryl methyl sites for hydroxylation is 1. The molecule has 8 heteroatoms. The van der Waals surface area contributed by atoms with Crippen molar-refractivity contribution in [3.8, 4) is 0 Å². The summed E-state index contributed by atoms with van der Waals surface area (Å²) in [5.74, 6) is 1.70. The van der Waals surface area contributed by atoms with Crippen LogP contribution in [0.2, 0.25) is 0 Å². The van der Waals surface area contributed by atoms with E-state index in [4.69, 9.17) is 0 Å². The SMILES string of the molecule is Cc1cccc(CN(C(=O)CN(c2ccc(C34CC5CC(CC(C5)C3)C4)cc2)S(C)(=O)=O)[C@H](Cc2ccccc2)C(=O)NC(C)(C)C)c1. The minimum absolute atomic E-state index is 0.165.